The first kappa shape index (κ1) is 29.8. The molecule has 3 aromatic rings. The molecule has 1 amide bonds. The van der Waals surface area contributed by atoms with E-state index in [0.29, 0.717) is 6.54 Å². The van der Waals surface area contributed by atoms with Crippen molar-refractivity contribution < 1.29 is 9.59 Å². The summed E-state index contributed by atoms with van der Waals surface area (Å²) in [6.07, 6.45) is 8.01. The second kappa shape index (κ2) is 13.4. The van der Waals surface area contributed by atoms with Gasteiger partial charge in [0.1, 0.15) is 5.78 Å². The molecule has 1 aromatic heterocycles. The number of nitrogens with zero attached hydrogens (tertiary/aromatic N) is 2. The number of hydrogen-bond donors (Lipinski definition) is 1. The third kappa shape index (κ3) is 6.45. The number of likely N-dealkylation sites (tertiary alicyclic amines) is 1. The SMILES string of the molecule is CC(=O)C1(c2ccccc2)CCN(CC(=O)N[C@H]2CCc3ccccc3[C@H]2Cc2cccnc2)CC1.Cl.Cl. The van der Waals surface area contributed by atoms with Crippen LogP contribution in [0.3, 0.4) is 0 Å². The second-order valence-electron chi connectivity index (χ2n) is 10.4. The first-order chi connectivity index (χ1) is 17.5. The number of halogens is 2. The van der Waals surface area contributed by atoms with E-state index >= 15 is 0 Å². The molecule has 5 rings (SSSR count). The van der Waals surface area contributed by atoms with E-state index in [-0.39, 0.29) is 48.5 Å². The van der Waals surface area contributed by atoms with Gasteiger partial charge in [0.2, 0.25) is 5.91 Å². The number of fused-ring (bicyclic) bond motifs is 1. The number of carbonyl (C=O) groups is 2. The minimum atomic E-state index is -0.434. The van der Waals surface area contributed by atoms with Crippen molar-refractivity contribution in [2.75, 3.05) is 19.6 Å². The van der Waals surface area contributed by atoms with E-state index in [1.54, 1.807) is 13.1 Å². The average molecular weight is 555 g/mol. The third-order valence-corrected chi connectivity index (χ3v) is 8.27. The summed E-state index contributed by atoms with van der Waals surface area (Å²) in [5.41, 5.74) is 4.58. The smallest absolute Gasteiger partial charge is 0.234 e. The molecule has 1 fully saturated rings. The number of amides is 1. The van der Waals surface area contributed by atoms with E-state index in [4.69, 9.17) is 0 Å². The molecule has 2 heterocycles. The van der Waals surface area contributed by atoms with Crippen molar-refractivity contribution >= 4 is 36.5 Å². The minimum absolute atomic E-state index is 0. The number of piperidine rings is 1. The van der Waals surface area contributed by atoms with Crippen LogP contribution in [-0.4, -0.2) is 47.3 Å². The van der Waals surface area contributed by atoms with Crippen molar-refractivity contribution in [1.82, 2.24) is 15.2 Å². The van der Waals surface area contributed by atoms with Crippen LogP contribution in [0.4, 0.5) is 0 Å². The number of aromatic nitrogens is 1. The molecule has 0 saturated carbocycles. The van der Waals surface area contributed by atoms with Gasteiger partial charge in [-0.2, -0.15) is 0 Å². The Hall–Kier alpha value is -2.73. The lowest BCUT2D eigenvalue weighted by molar-refractivity contribution is -0.125. The van der Waals surface area contributed by atoms with Crippen molar-refractivity contribution in [3.63, 3.8) is 0 Å². The molecule has 1 aliphatic carbocycles. The molecule has 2 atom stereocenters. The van der Waals surface area contributed by atoms with E-state index in [0.717, 1.165) is 50.8 Å². The summed E-state index contributed by atoms with van der Waals surface area (Å²) in [6, 6.07) is 22.9. The van der Waals surface area contributed by atoms with Gasteiger partial charge in [0.15, 0.2) is 0 Å². The van der Waals surface area contributed by atoms with Crippen molar-refractivity contribution in [2.24, 2.45) is 0 Å². The lowest BCUT2D eigenvalue weighted by Gasteiger charge is -2.41. The van der Waals surface area contributed by atoms with Gasteiger partial charge in [-0.1, -0.05) is 60.7 Å². The van der Waals surface area contributed by atoms with Crippen molar-refractivity contribution in [3.05, 3.63) is 101 Å². The van der Waals surface area contributed by atoms with E-state index in [9.17, 15) is 9.59 Å². The first-order valence-electron chi connectivity index (χ1n) is 13.1. The summed E-state index contributed by atoms with van der Waals surface area (Å²) < 4.78 is 0. The highest BCUT2D eigenvalue weighted by Crippen LogP contribution is 2.37. The molecule has 7 heteroatoms. The molecular weight excluding hydrogens is 517 g/mol. The summed E-state index contributed by atoms with van der Waals surface area (Å²) in [7, 11) is 0. The lowest BCUT2D eigenvalue weighted by atomic mass is 9.70. The molecule has 1 N–H and O–H groups in total. The number of aryl methyl sites for hydroxylation is 1. The summed E-state index contributed by atoms with van der Waals surface area (Å²) in [4.78, 5) is 32.4. The highest BCUT2D eigenvalue weighted by Gasteiger charge is 2.40. The average Bonchev–Trinajstić information content (AvgIpc) is 2.91. The van der Waals surface area contributed by atoms with Crippen LogP contribution in [0.15, 0.2) is 79.1 Å². The molecule has 1 saturated heterocycles. The topological polar surface area (TPSA) is 62.3 Å². The Morgan fingerprint density at radius 2 is 1.68 bits per heavy atom. The molecule has 0 spiro atoms. The summed E-state index contributed by atoms with van der Waals surface area (Å²) in [5.74, 6) is 0.524. The fourth-order valence-corrected chi connectivity index (χ4v) is 6.20. The van der Waals surface area contributed by atoms with Gasteiger partial charge in [-0.15, -0.1) is 24.8 Å². The van der Waals surface area contributed by atoms with Crippen molar-refractivity contribution in [1.29, 1.82) is 0 Å². The van der Waals surface area contributed by atoms with E-state index < -0.39 is 5.41 Å². The molecule has 2 aliphatic rings. The Labute approximate surface area is 238 Å². The van der Waals surface area contributed by atoms with Crippen LogP contribution in [0.2, 0.25) is 0 Å². The maximum absolute atomic E-state index is 13.2. The fourth-order valence-electron chi connectivity index (χ4n) is 6.20. The van der Waals surface area contributed by atoms with Crippen LogP contribution in [0.25, 0.3) is 0 Å². The van der Waals surface area contributed by atoms with E-state index in [1.165, 1.54) is 16.7 Å². The number of hydrogen-bond acceptors (Lipinski definition) is 4. The molecule has 38 heavy (non-hydrogen) atoms. The Kier molecular flexibility index (Phi) is 10.5. The predicted octanol–water partition coefficient (Wildman–Crippen LogP) is 5.31. The molecule has 2 aromatic carbocycles. The van der Waals surface area contributed by atoms with E-state index in [1.807, 2.05) is 30.5 Å². The van der Waals surface area contributed by atoms with Gasteiger partial charge in [-0.25, -0.2) is 0 Å². The Morgan fingerprint density at radius 1 is 0.974 bits per heavy atom. The van der Waals surface area contributed by atoms with Gasteiger partial charge >= 0.3 is 0 Å². The van der Waals surface area contributed by atoms with Crippen LogP contribution >= 0.6 is 24.8 Å². The van der Waals surface area contributed by atoms with Gasteiger partial charge in [0.25, 0.3) is 0 Å². The van der Waals surface area contributed by atoms with Gasteiger partial charge in [-0.3, -0.25) is 19.5 Å². The Balaban J connectivity index is 0.00000200. The number of pyridine rings is 1. The van der Waals surface area contributed by atoms with Crippen molar-refractivity contribution in [3.8, 4) is 0 Å². The molecule has 0 bridgehead atoms. The Bertz CT molecular complexity index is 1200. The van der Waals surface area contributed by atoms with Crippen LogP contribution < -0.4 is 5.32 Å². The normalized spacial score (nSPS) is 20.2. The summed E-state index contributed by atoms with van der Waals surface area (Å²) in [6.45, 7) is 3.57. The maximum atomic E-state index is 13.2. The number of rotatable bonds is 7. The zero-order valence-corrected chi connectivity index (χ0v) is 23.5. The zero-order valence-electron chi connectivity index (χ0n) is 21.8. The first-order valence-corrected chi connectivity index (χ1v) is 13.1. The standard InChI is InChI=1S/C31H35N3O2.2ClH/c1-23(35)31(26-10-3-2-4-11-26)15-18-34(19-16-31)22-30(36)33-29-14-13-25-9-5-6-12-27(25)28(29)20-24-8-7-17-32-21-24;;/h2-12,17,21,28-29H,13-16,18-20,22H2,1H3,(H,33,36);2*1H/t28-,29+;;/m1../s1. The Morgan fingerprint density at radius 3 is 2.37 bits per heavy atom. The summed E-state index contributed by atoms with van der Waals surface area (Å²) in [5, 5.41) is 3.38. The van der Waals surface area contributed by atoms with Crippen LogP contribution in [0.5, 0.6) is 0 Å². The highest BCUT2D eigenvalue weighted by atomic mass is 35.5. The van der Waals surface area contributed by atoms with Gasteiger partial charge in [0.05, 0.1) is 12.0 Å². The second-order valence-corrected chi connectivity index (χ2v) is 10.4. The molecule has 5 nitrogen and oxygen atoms in total. The molecule has 1 aliphatic heterocycles. The summed E-state index contributed by atoms with van der Waals surface area (Å²) >= 11 is 0. The zero-order chi connectivity index (χ0) is 25.0. The third-order valence-electron chi connectivity index (χ3n) is 8.27. The molecule has 0 unspecified atom stereocenters. The fraction of sp³-hybridized carbons (Fsp3) is 0.387. The number of Topliss-reactive ketones (excluding diaryl/α,β-unsaturated/α-hetero) is 1. The highest BCUT2D eigenvalue weighted by molar-refractivity contribution is 5.88. The van der Waals surface area contributed by atoms with Gasteiger partial charge in [-0.05, 0) is 80.4 Å². The predicted molar refractivity (Wildman–Crippen MR) is 156 cm³/mol. The number of ketones is 1. The molecule has 0 radical (unpaired) electrons. The minimum Gasteiger partial charge on any atom is -0.352 e. The number of benzene rings is 2. The lowest BCUT2D eigenvalue weighted by Crippen LogP contribution is -2.51. The number of carbonyl (C=O) groups excluding carboxylic acids is 2. The van der Waals surface area contributed by atoms with Crippen LogP contribution in [0.1, 0.15) is 54.4 Å². The van der Waals surface area contributed by atoms with Gasteiger partial charge < -0.3 is 5.32 Å². The largest absolute Gasteiger partial charge is 0.352 e. The number of nitrogens with one attached hydrogen (secondary N) is 1. The maximum Gasteiger partial charge on any atom is 0.234 e. The molecule has 202 valence electrons. The monoisotopic (exact) mass is 553 g/mol. The van der Waals surface area contributed by atoms with Gasteiger partial charge in [0, 0.05) is 24.4 Å². The van der Waals surface area contributed by atoms with Crippen molar-refractivity contribution in [2.45, 2.75) is 56.4 Å². The van der Waals surface area contributed by atoms with E-state index in [2.05, 4.69) is 57.7 Å². The van der Waals surface area contributed by atoms with Crippen LogP contribution in [0, 0.1) is 0 Å². The van der Waals surface area contributed by atoms with Crippen LogP contribution in [-0.2, 0) is 27.8 Å². The molecular formula is C31H37Cl2N3O2. The quantitative estimate of drug-likeness (QED) is 0.431.